The van der Waals surface area contributed by atoms with Gasteiger partial charge in [0.25, 0.3) is 0 Å². The molecule has 0 amide bonds. The molecule has 2 atom stereocenters. The van der Waals surface area contributed by atoms with Crippen LogP contribution in [0.1, 0.15) is 15.9 Å². The number of esters is 1. The van der Waals surface area contributed by atoms with Gasteiger partial charge in [-0.05, 0) is 48.9 Å². The molecule has 1 aliphatic rings. The molecule has 4 rings (SSSR count). The van der Waals surface area contributed by atoms with E-state index in [1.165, 1.54) is 25.3 Å². The SMILES string of the molecule is COC(=O)c1ccc2c(C)cc(-c3ccc(S(=O)(=O)N4C[C@@H](F)[C@H](F)C4)cc3F)nc2c1. The summed E-state index contributed by atoms with van der Waals surface area (Å²) in [5, 5.41) is 0.761. The van der Waals surface area contributed by atoms with Crippen molar-refractivity contribution >= 4 is 26.9 Å². The van der Waals surface area contributed by atoms with Gasteiger partial charge in [0, 0.05) is 24.0 Å². The molecule has 1 fully saturated rings. The molecule has 2 aromatic carbocycles. The predicted octanol–water partition coefficient (Wildman–Crippen LogP) is 3.82. The van der Waals surface area contributed by atoms with Gasteiger partial charge >= 0.3 is 5.97 Å². The van der Waals surface area contributed by atoms with Gasteiger partial charge in [-0.1, -0.05) is 6.07 Å². The maximum absolute atomic E-state index is 15.0. The average molecular weight is 464 g/mol. The monoisotopic (exact) mass is 464 g/mol. The van der Waals surface area contributed by atoms with Gasteiger partial charge < -0.3 is 4.74 Å². The number of methoxy groups -OCH3 is 1. The van der Waals surface area contributed by atoms with Gasteiger partial charge in [-0.2, -0.15) is 4.31 Å². The summed E-state index contributed by atoms with van der Waals surface area (Å²) in [4.78, 5) is 15.8. The van der Waals surface area contributed by atoms with E-state index in [0.717, 1.165) is 17.0 Å². The fourth-order valence-corrected chi connectivity index (χ4v) is 5.15. The van der Waals surface area contributed by atoms with E-state index in [1.54, 1.807) is 25.1 Å². The van der Waals surface area contributed by atoms with Crippen LogP contribution in [0.4, 0.5) is 13.2 Å². The second kappa shape index (κ2) is 8.18. The lowest BCUT2D eigenvalue weighted by atomic mass is 10.0. The fourth-order valence-electron chi connectivity index (χ4n) is 3.69. The number of rotatable bonds is 4. The number of ether oxygens (including phenoxy) is 1. The number of hydrogen-bond acceptors (Lipinski definition) is 5. The van der Waals surface area contributed by atoms with Crippen molar-refractivity contribution in [1.29, 1.82) is 0 Å². The number of sulfonamides is 1. The molecule has 0 unspecified atom stereocenters. The summed E-state index contributed by atoms with van der Waals surface area (Å²) in [6, 6.07) is 9.75. The van der Waals surface area contributed by atoms with Gasteiger partial charge in [0.1, 0.15) is 18.2 Å². The van der Waals surface area contributed by atoms with Crippen LogP contribution < -0.4 is 0 Å². The van der Waals surface area contributed by atoms with Gasteiger partial charge in [0.05, 0.1) is 28.8 Å². The van der Waals surface area contributed by atoms with Crippen molar-refractivity contribution in [2.75, 3.05) is 20.2 Å². The first-order chi connectivity index (χ1) is 15.1. The maximum Gasteiger partial charge on any atom is 0.337 e. The quantitative estimate of drug-likeness (QED) is 0.549. The third-order valence-corrected chi connectivity index (χ3v) is 7.27. The van der Waals surface area contributed by atoms with Crippen molar-refractivity contribution in [3.05, 3.63) is 59.4 Å². The van der Waals surface area contributed by atoms with Crippen LogP contribution in [0.5, 0.6) is 0 Å². The number of pyridine rings is 1. The molecule has 1 aromatic heterocycles. The number of hydrogen-bond donors (Lipinski definition) is 0. The number of benzene rings is 2. The number of nitrogens with zero attached hydrogens (tertiary/aromatic N) is 2. The highest BCUT2D eigenvalue weighted by Crippen LogP contribution is 2.30. The van der Waals surface area contributed by atoms with E-state index in [9.17, 15) is 26.4 Å². The third kappa shape index (κ3) is 3.84. The molecule has 0 N–H and O–H groups in total. The van der Waals surface area contributed by atoms with Crippen molar-refractivity contribution in [2.24, 2.45) is 0 Å². The largest absolute Gasteiger partial charge is 0.465 e. The number of aromatic nitrogens is 1. The number of halogens is 3. The van der Waals surface area contributed by atoms with Crippen molar-refractivity contribution < 1.29 is 31.1 Å². The number of carbonyl (C=O) groups excluding carboxylic acids is 1. The zero-order valence-electron chi connectivity index (χ0n) is 17.2. The Morgan fingerprint density at radius 3 is 2.41 bits per heavy atom. The van der Waals surface area contributed by atoms with E-state index in [2.05, 4.69) is 4.98 Å². The minimum atomic E-state index is -4.25. The summed E-state index contributed by atoms with van der Waals surface area (Å²) in [6.45, 7) is 0.581. The normalized spacial score (nSPS) is 19.4. The Morgan fingerprint density at radius 2 is 1.78 bits per heavy atom. The molecule has 1 aliphatic heterocycles. The molecule has 0 radical (unpaired) electrons. The number of aryl methyl sites for hydroxylation is 1. The lowest BCUT2D eigenvalue weighted by Crippen LogP contribution is -2.29. The predicted molar refractivity (Wildman–Crippen MR) is 112 cm³/mol. The van der Waals surface area contributed by atoms with E-state index in [4.69, 9.17) is 4.74 Å². The maximum atomic E-state index is 15.0. The summed E-state index contributed by atoms with van der Waals surface area (Å²) in [7, 11) is -2.99. The van der Waals surface area contributed by atoms with E-state index >= 15 is 0 Å². The fraction of sp³-hybridized carbons (Fsp3) is 0.273. The highest BCUT2D eigenvalue weighted by atomic mass is 32.2. The van der Waals surface area contributed by atoms with Crippen LogP contribution in [0.25, 0.3) is 22.2 Å². The van der Waals surface area contributed by atoms with E-state index in [-0.39, 0.29) is 16.8 Å². The van der Waals surface area contributed by atoms with Crippen molar-refractivity contribution in [3.63, 3.8) is 0 Å². The lowest BCUT2D eigenvalue weighted by molar-refractivity contribution is 0.0601. The molecular formula is C22H19F3N2O4S. The Kier molecular flexibility index (Phi) is 5.68. The number of alkyl halides is 2. The lowest BCUT2D eigenvalue weighted by Gasteiger charge is -2.16. The summed E-state index contributed by atoms with van der Waals surface area (Å²) >= 11 is 0. The standard InChI is InChI=1S/C22H19F3N2O4S/c1-12-7-20(26-21-8-13(22(28)31-2)3-5-15(12)21)16-6-4-14(9-17(16)23)32(29,30)27-10-18(24)19(25)11-27/h3-9,18-19H,10-11H2,1-2H3/t18-,19-/m1/s1. The van der Waals surface area contributed by atoms with Crippen LogP contribution in [0.15, 0.2) is 47.4 Å². The molecule has 2 heterocycles. The van der Waals surface area contributed by atoms with Gasteiger partial charge in [-0.3, -0.25) is 0 Å². The van der Waals surface area contributed by atoms with E-state index in [0.29, 0.717) is 9.82 Å². The Bertz CT molecular complexity index is 1320. The van der Waals surface area contributed by atoms with Gasteiger partial charge in [0.2, 0.25) is 10.0 Å². The molecule has 0 spiro atoms. The van der Waals surface area contributed by atoms with Gasteiger partial charge in [-0.15, -0.1) is 0 Å². The first-order valence-electron chi connectivity index (χ1n) is 9.69. The number of carbonyl (C=O) groups is 1. The molecule has 32 heavy (non-hydrogen) atoms. The van der Waals surface area contributed by atoms with Crippen molar-refractivity contribution in [1.82, 2.24) is 9.29 Å². The Labute approximate surface area is 182 Å². The minimum Gasteiger partial charge on any atom is -0.465 e. The van der Waals surface area contributed by atoms with Crippen LogP contribution in [0, 0.1) is 12.7 Å². The highest BCUT2D eigenvalue weighted by Gasteiger charge is 2.40. The van der Waals surface area contributed by atoms with Gasteiger partial charge in [0.15, 0.2) is 0 Å². The number of fused-ring (bicyclic) bond motifs is 1. The van der Waals surface area contributed by atoms with Crippen LogP contribution in [0.2, 0.25) is 0 Å². The second-order valence-electron chi connectivity index (χ2n) is 7.54. The third-order valence-electron chi connectivity index (χ3n) is 5.44. The Morgan fingerprint density at radius 1 is 1.09 bits per heavy atom. The molecule has 10 heteroatoms. The molecule has 0 bridgehead atoms. The molecule has 0 saturated carbocycles. The zero-order valence-corrected chi connectivity index (χ0v) is 18.0. The van der Waals surface area contributed by atoms with Crippen LogP contribution in [0.3, 0.4) is 0 Å². The average Bonchev–Trinajstić information content (AvgIpc) is 3.11. The van der Waals surface area contributed by atoms with E-state index < -0.39 is 52.1 Å². The topological polar surface area (TPSA) is 76.6 Å². The first-order valence-corrected chi connectivity index (χ1v) is 11.1. The van der Waals surface area contributed by atoms with Crippen LogP contribution in [-0.4, -0.2) is 56.2 Å². The summed E-state index contributed by atoms with van der Waals surface area (Å²) in [6.07, 6.45) is -3.82. The smallest absolute Gasteiger partial charge is 0.337 e. The van der Waals surface area contributed by atoms with Crippen LogP contribution in [-0.2, 0) is 14.8 Å². The molecular weight excluding hydrogens is 445 g/mol. The van der Waals surface area contributed by atoms with Crippen LogP contribution >= 0.6 is 0 Å². The van der Waals surface area contributed by atoms with Gasteiger partial charge in [-0.25, -0.2) is 31.4 Å². The molecule has 3 aromatic rings. The highest BCUT2D eigenvalue weighted by molar-refractivity contribution is 7.89. The molecule has 168 valence electrons. The molecule has 0 aliphatic carbocycles. The molecule has 1 saturated heterocycles. The Balaban J connectivity index is 1.73. The summed E-state index contributed by atoms with van der Waals surface area (Å²) in [5.74, 6) is -1.39. The minimum absolute atomic E-state index is 0.0468. The van der Waals surface area contributed by atoms with E-state index in [1.807, 2.05) is 0 Å². The summed E-state index contributed by atoms with van der Waals surface area (Å²) < 4.78 is 72.5. The Hall–Kier alpha value is -2.98. The summed E-state index contributed by atoms with van der Waals surface area (Å²) in [5.41, 5.74) is 1.79. The second-order valence-corrected chi connectivity index (χ2v) is 9.48. The first kappa shape index (κ1) is 22.2. The zero-order chi connectivity index (χ0) is 23.2. The van der Waals surface area contributed by atoms with Crippen molar-refractivity contribution in [3.8, 4) is 11.3 Å². The van der Waals surface area contributed by atoms with Crippen molar-refractivity contribution in [2.45, 2.75) is 24.2 Å². The molecule has 6 nitrogen and oxygen atoms in total.